The molecule has 1 amide bonds. The minimum atomic E-state index is -0.388. The lowest BCUT2D eigenvalue weighted by atomic mass is 10.0. The molecule has 1 saturated heterocycles. The van der Waals surface area contributed by atoms with E-state index in [1.165, 1.54) is 18.6 Å². The average molecular weight is 413 g/mol. The number of anilines is 1. The largest absolute Gasteiger partial charge is 0.494 e. The first-order valence-electron chi connectivity index (χ1n) is 10.6. The molecule has 2 aromatic rings. The molecule has 0 saturated carbocycles. The van der Waals surface area contributed by atoms with E-state index in [9.17, 15) is 14.9 Å². The third-order valence-corrected chi connectivity index (χ3v) is 5.50. The van der Waals surface area contributed by atoms with Crippen LogP contribution in [0.15, 0.2) is 48.5 Å². The van der Waals surface area contributed by atoms with E-state index in [1.54, 1.807) is 12.1 Å². The number of non-ortho nitro benzene ring substituents is 1. The summed E-state index contributed by atoms with van der Waals surface area (Å²) in [6, 6.07) is 14.2. The predicted molar refractivity (Wildman–Crippen MR) is 116 cm³/mol. The van der Waals surface area contributed by atoms with E-state index in [0.29, 0.717) is 24.2 Å². The highest BCUT2D eigenvalue weighted by Crippen LogP contribution is 2.25. The highest BCUT2D eigenvalue weighted by Gasteiger charge is 2.33. The van der Waals surface area contributed by atoms with Crippen molar-refractivity contribution in [2.24, 2.45) is 0 Å². The Morgan fingerprint density at radius 2 is 1.87 bits per heavy atom. The molecule has 0 atom stereocenters. The molecule has 2 aromatic carbocycles. The van der Waals surface area contributed by atoms with E-state index >= 15 is 0 Å². The van der Waals surface area contributed by atoms with E-state index in [-0.39, 0.29) is 16.5 Å². The van der Waals surface area contributed by atoms with Crippen LogP contribution >= 0.6 is 0 Å². The number of ether oxygens (including phenoxy) is 1. The number of hydrogen-bond acceptors (Lipinski definition) is 4. The van der Waals surface area contributed by atoms with Crippen molar-refractivity contribution in [3.63, 3.8) is 0 Å². The minimum absolute atomic E-state index is 0.0218. The van der Waals surface area contributed by atoms with Crippen molar-refractivity contribution in [2.45, 2.75) is 39.2 Å². The molecule has 1 heterocycles. The second-order valence-electron chi connectivity index (χ2n) is 8.01. The van der Waals surface area contributed by atoms with Crippen molar-refractivity contribution < 1.29 is 18.9 Å². The molecule has 1 aliphatic heterocycles. The number of carbonyl (C=O) groups is 1. The van der Waals surface area contributed by atoms with Crippen molar-refractivity contribution in [3.8, 4) is 5.75 Å². The van der Waals surface area contributed by atoms with Gasteiger partial charge in [0.1, 0.15) is 12.3 Å². The number of quaternary nitrogens is 1. The number of nitro benzene ring substituents is 1. The summed E-state index contributed by atoms with van der Waals surface area (Å²) < 4.78 is 6.33. The summed E-state index contributed by atoms with van der Waals surface area (Å²) in [6.07, 6.45) is 4.28. The van der Waals surface area contributed by atoms with Crippen molar-refractivity contribution in [1.82, 2.24) is 0 Å². The Morgan fingerprint density at radius 1 is 1.13 bits per heavy atom. The zero-order chi connectivity index (χ0) is 21.4. The summed E-state index contributed by atoms with van der Waals surface area (Å²) in [6.45, 7) is 5.65. The molecular weight excluding hydrogens is 382 g/mol. The Kier molecular flexibility index (Phi) is 7.41. The monoisotopic (exact) mass is 412 g/mol. The molecule has 0 bridgehead atoms. The molecule has 0 aromatic heterocycles. The first-order chi connectivity index (χ1) is 14.5. The number of nitro groups is 1. The van der Waals surface area contributed by atoms with Gasteiger partial charge >= 0.3 is 0 Å². The molecule has 0 aliphatic carbocycles. The fourth-order valence-corrected chi connectivity index (χ4v) is 4.05. The number of carbonyl (C=O) groups excluding carboxylic acids is 1. The van der Waals surface area contributed by atoms with Crippen LogP contribution in [-0.4, -0.2) is 41.6 Å². The summed E-state index contributed by atoms with van der Waals surface area (Å²) in [5.41, 5.74) is 1.84. The van der Waals surface area contributed by atoms with E-state index < -0.39 is 0 Å². The third kappa shape index (κ3) is 6.03. The van der Waals surface area contributed by atoms with Crippen LogP contribution in [0.25, 0.3) is 0 Å². The van der Waals surface area contributed by atoms with Gasteiger partial charge in [-0.3, -0.25) is 14.9 Å². The molecule has 0 spiro atoms. The van der Waals surface area contributed by atoms with Crippen molar-refractivity contribution in [3.05, 3.63) is 64.2 Å². The van der Waals surface area contributed by atoms with Crippen LogP contribution in [0.4, 0.5) is 11.4 Å². The lowest BCUT2D eigenvalue weighted by molar-refractivity contribution is -0.937. The second kappa shape index (κ2) is 10.2. The van der Waals surface area contributed by atoms with Crippen LogP contribution in [0.5, 0.6) is 5.75 Å². The predicted octanol–water partition coefficient (Wildman–Crippen LogP) is 4.52. The smallest absolute Gasteiger partial charge is 0.279 e. The van der Waals surface area contributed by atoms with Crippen LogP contribution < -0.4 is 10.1 Å². The van der Waals surface area contributed by atoms with Gasteiger partial charge in [-0.05, 0) is 49.9 Å². The zero-order valence-electron chi connectivity index (χ0n) is 17.5. The number of nitrogens with zero attached hydrogens (tertiary/aromatic N) is 2. The molecule has 1 aliphatic rings. The molecular formula is C23H30N3O4+. The van der Waals surface area contributed by atoms with Crippen LogP contribution in [0.1, 0.15) is 38.2 Å². The first kappa shape index (κ1) is 21.8. The Bertz CT molecular complexity index is 861. The lowest BCUT2D eigenvalue weighted by Gasteiger charge is -2.41. The van der Waals surface area contributed by atoms with Crippen LogP contribution in [0, 0.1) is 10.1 Å². The second-order valence-corrected chi connectivity index (χ2v) is 8.01. The highest BCUT2D eigenvalue weighted by atomic mass is 16.6. The van der Waals surface area contributed by atoms with Gasteiger partial charge in [0.05, 0.1) is 24.6 Å². The topological polar surface area (TPSA) is 81.5 Å². The normalized spacial score (nSPS) is 15.4. The molecule has 0 radical (unpaired) electrons. The molecule has 1 fully saturated rings. The van der Waals surface area contributed by atoms with Crippen molar-refractivity contribution in [1.29, 1.82) is 0 Å². The summed E-state index contributed by atoms with van der Waals surface area (Å²) >= 11 is 0. The van der Waals surface area contributed by atoms with Crippen molar-refractivity contribution in [2.75, 3.05) is 31.6 Å². The Morgan fingerprint density at radius 3 is 2.53 bits per heavy atom. The standard InChI is InChI=1S/C23H29N3O4/c1-2-15-30-22-8-6-7-20(16-22)24-23(27)18-26(13-4-3-5-14-26)17-19-9-11-21(12-10-19)25(28)29/h6-12,16H,2-5,13-15,17-18H2,1H3/p+1. The molecule has 1 N–H and O–H groups in total. The van der Waals surface area contributed by atoms with E-state index in [0.717, 1.165) is 49.4 Å². The highest BCUT2D eigenvalue weighted by molar-refractivity contribution is 5.91. The lowest BCUT2D eigenvalue weighted by Crippen LogP contribution is -2.54. The van der Waals surface area contributed by atoms with E-state index in [4.69, 9.17) is 4.74 Å². The Balaban J connectivity index is 1.68. The number of piperidine rings is 1. The summed E-state index contributed by atoms with van der Waals surface area (Å²) in [4.78, 5) is 23.4. The Hall–Kier alpha value is -2.93. The molecule has 30 heavy (non-hydrogen) atoms. The molecule has 0 unspecified atom stereocenters. The maximum atomic E-state index is 12.9. The van der Waals surface area contributed by atoms with Gasteiger partial charge in [0.25, 0.3) is 11.6 Å². The van der Waals surface area contributed by atoms with Gasteiger partial charge in [-0.25, -0.2) is 0 Å². The number of rotatable bonds is 9. The number of nitrogens with one attached hydrogen (secondary N) is 1. The van der Waals surface area contributed by atoms with Gasteiger partial charge in [0, 0.05) is 29.4 Å². The van der Waals surface area contributed by atoms with E-state index in [1.807, 2.05) is 24.3 Å². The molecule has 7 heteroatoms. The van der Waals surface area contributed by atoms with Gasteiger partial charge < -0.3 is 14.5 Å². The van der Waals surface area contributed by atoms with Gasteiger partial charge in [-0.1, -0.05) is 13.0 Å². The summed E-state index contributed by atoms with van der Waals surface area (Å²) in [5, 5.41) is 13.9. The fourth-order valence-electron chi connectivity index (χ4n) is 4.05. The van der Waals surface area contributed by atoms with E-state index in [2.05, 4.69) is 12.2 Å². The van der Waals surface area contributed by atoms with Gasteiger partial charge in [0.15, 0.2) is 6.54 Å². The summed E-state index contributed by atoms with van der Waals surface area (Å²) in [7, 11) is 0. The fraction of sp³-hybridized carbons (Fsp3) is 0.435. The number of amides is 1. The minimum Gasteiger partial charge on any atom is -0.494 e. The van der Waals surface area contributed by atoms with Crippen molar-refractivity contribution >= 4 is 17.3 Å². The first-order valence-corrected chi connectivity index (χ1v) is 10.6. The quantitative estimate of drug-likeness (QED) is 0.373. The SMILES string of the molecule is CCCOc1cccc(NC(=O)C[N+]2(Cc3ccc([N+](=O)[O-])cc3)CCCCC2)c1. The number of benzene rings is 2. The maximum Gasteiger partial charge on any atom is 0.279 e. The maximum absolute atomic E-state index is 12.9. The number of hydrogen-bond donors (Lipinski definition) is 1. The van der Waals surface area contributed by atoms with Gasteiger partial charge in [0.2, 0.25) is 0 Å². The molecule has 7 nitrogen and oxygen atoms in total. The van der Waals surface area contributed by atoms with Gasteiger partial charge in [-0.15, -0.1) is 0 Å². The van der Waals surface area contributed by atoms with Crippen LogP contribution in [-0.2, 0) is 11.3 Å². The molecule has 160 valence electrons. The Labute approximate surface area is 177 Å². The average Bonchev–Trinajstić information content (AvgIpc) is 2.73. The van der Waals surface area contributed by atoms with Gasteiger partial charge in [-0.2, -0.15) is 0 Å². The van der Waals surface area contributed by atoms with Crippen LogP contribution in [0.3, 0.4) is 0 Å². The molecule has 3 rings (SSSR count). The number of likely N-dealkylation sites (tertiary alicyclic amines) is 1. The van der Waals surface area contributed by atoms with Crippen LogP contribution in [0.2, 0.25) is 0 Å². The third-order valence-electron chi connectivity index (χ3n) is 5.50. The zero-order valence-corrected chi connectivity index (χ0v) is 17.5. The summed E-state index contributed by atoms with van der Waals surface area (Å²) in [5.74, 6) is 0.730.